The molecule has 1 heteroatoms. The molecule has 2 aromatic rings. The van der Waals surface area contributed by atoms with E-state index >= 15 is 0 Å². The molecule has 0 aliphatic heterocycles. The normalized spacial score (nSPS) is 10.3. The third-order valence-electron chi connectivity index (χ3n) is 1.88. The van der Waals surface area contributed by atoms with Gasteiger partial charge < -0.3 is 0 Å². The van der Waals surface area contributed by atoms with E-state index in [4.69, 9.17) is 5.87 Å². The van der Waals surface area contributed by atoms with E-state index < -0.39 is 0 Å². The molecule has 0 aromatic heterocycles. The van der Waals surface area contributed by atoms with Crippen LogP contribution in [0.1, 0.15) is 0 Å². The van der Waals surface area contributed by atoms with Crippen LogP contribution in [0.4, 0.5) is 0 Å². The van der Waals surface area contributed by atoms with Crippen molar-refractivity contribution in [3.63, 3.8) is 0 Å². The van der Waals surface area contributed by atoms with Crippen molar-refractivity contribution in [2.45, 2.75) is 4.90 Å². The Balaban J connectivity index is 2.75. The van der Waals surface area contributed by atoms with Gasteiger partial charge in [0.15, 0.2) is 0 Å². The second kappa shape index (κ2) is 3.11. The van der Waals surface area contributed by atoms with Crippen LogP contribution in [0.25, 0.3) is 10.8 Å². The van der Waals surface area contributed by atoms with Crippen LogP contribution in [0, 0.1) is 0 Å². The van der Waals surface area contributed by atoms with Crippen LogP contribution in [0.15, 0.2) is 47.4 Å². The Kier molecular flexibility index (Phi) is 1.96. The van der Waals surface area contributed by atoms with Gasteiger partial charge in [0, 0.05) is 0 Å². The van der Waals surface area contributed by atoms with Gasteiger partial charge >= 0.3 is 0 Å². The smallest absolute Gasteiger partial charge is 0.000525 e. The predicted octanol–water partition coefficient (Wildman–Crippen LogP) is 2.97. The van der Waals surface area contributed by atoms with E-state index in [2.05, 4.69) is 30.3 Å². The third-order valence-corrected chi connectivity index (χ3v) is 2.46. The molecule has 0 fully saturated rings. The van der Waals surface area contributed by atoms with E-state index in [-0.39, 0.29) is 0 Å². The summed E-state index contributed by atoms with van der Waals surface area (Å²) in [5, 5.41) is 2.53. The monoisotopic (exact) mass is 173 g/mol. The molecule has 2 rings (SSSR count). The Hall–Kier alpha value is -1.08. The fourth-order valence-electron chi connectivity index (χ4n) is 1.26. The minimum atomic E-state index is 0.838. The van der Waals surface area contributed by atoms with Crippen LogP contribution in [0.2, 0.25) is 0 Å². The van der Waals surface area contributed by atoms with Crippen molar-refractivity contribution >= 4 is 28.0 Å². The molecule has 0 unspecified atom stereocenters. The lowest BCUT2D eigenvalue weighted by molar-refractivity contribution is 1.52. The topological polar surface area (TPSA) is 0 Å². The standard InChI is InChI=1S/C11H9S/c1-12-11-7-6-9-4-2-3-5-10(9)8-11/h1-8,12H. The SMILES string of the molecule is [CH]=[SH]c1ccc2ccccc2c1. The van der Waals surface area contributed by atoms with E-state index in [9.17, 15) is 0 Å². The van der Waals surface area contributed by atoms with Crippen molar-refractivity contribution in [2.75, 3.05) is 0 Å². The summed E-state index contributed by atoms with van der Waals surface area (Å²) in [5.74, 6) is 5.51. The number of thiol groups is 1. The van der Waals surface area contributed by atoms with Gasteiger partial charge in [0.25, 0.3) is 0 Å². The third kappa shape index (κ3) is 1.28. The first kappa shape index (κ1) is 7.56. The molecule has 0 bridgehead atoms. The number of rotatable bonds is 1. The van der Waals surface area contributed by atoms with E-state index in [1.165, 1.54) is 10.8 Å². The predicted molar refractivity (Wildman–Crippen MR) is 57.3 cm³/mol. The molecule has 2 aromatic carbocycles. The van der Waals surface area contributed by atoms with Crippen molar-refractivity contribution in [3.05, 3.63) is 42.5 Å². The minimum absolute atomic E-state index is 0.838. The number of hydrogen-bond acceptors (Lipinski definition) is 0. The molecule has 0 saturated carbocycles. The molecule has 59 valence electrons. The molecule has 0 aliphatic carbocycles. The summed E-state index contributed by atoms with van der Waals surface area (Å²) in [6.45, 7) is 0. The van der Waals surface area contributed by atoms with Gasteiger partial charge in [-0.2, -0.15) is 11.4 Å². The summed E-state index contributed by atoms with van der Waals surface area (Å²) in [7, 11) is 0. The Bertz CT molecular complexity index is 418. The molecule has 0 aliphatic rings. The summed E-state index contributed by atoms with van der Waals surface area (Å²) in [6, 6.07) is 14.6. The zero-order valence-electron chi connectivity index (χ0n) is 6.57. The molecule has 0 N–H and O–H groups in total. The summed E-state index contributed by atoms with van der Waals surface area (Å²) in [4.78, 5) is 1.16. The first-order valence-corrected chi connectivity index (χ1v) is 4.76. The average molecular weight is 173 g/mol. The molecule has 0 saturated heterocycles. The fourth-order valence-corrected chi connectivity index (χ4v) is 1.63. The van der Waals surface area contributed by atoms with Crippen molar-refractivity contribution in [3.8, 4) is 0 Å². The van der Waals surface area contributed by atoms with Crippen molar-refractivity contribution < 1.29 is 0 Å². The molecule has 0 heterocycles. The zero-order valence-corrected chi connectivity index (χ0v) is 7.46. The number of fused-ring (bicyclic) bond motifs is 1. The van der Waals surface area contributed by atoms with E-state index in [0.29, 0.717) is 0 Å². The average Bonchev–Trinajstić information content (AvgIpc) is 2.17. The lowest BCUT2D eigenvalue weighted by Gasteiger charge is -1.97. The zero-order chi connectivity index (χ0) is 8.39. The van der Waals surface area contributed by atoms with Gasteiger partial charge in [0.1, 0.15) is 0 Å². The highest BCUT2D eigenvalue weighted by molar-refractivity contribution is 7.96. The minimum Gasteiger partial charge on any atom is -0.169 e. The summed E-state index contributed by atoms with van der Waals surface area (Å²) in [6.07, 6.45) is 0. The van der Waals surface area contributed by atoms with Crippen LogP contribution < -0.4 is 0 Å². The number of hydrogen-bond donors (Lipinski definition) is 1. The van der Waals surface area contributed by atoms with Crippen molar-refractivity contribution in [2.24, 2.45) is 0 Å². The highest BCUT2D eigenvalue weighted by Gasteiger charge is 1.90. The van der Waals surface area contributed by atoms with Crippen LogP contribution >= 0.6 is 11.4 Å². The largest absolute Gasteiger partial charge is 0.169 e. The van der Waals surface area contributed by atoms with Crippen LogP contribution in [-0.4, -0.2) is 5.87 Å². The van der Waals surface area contributed by atoms with Crippen molar-refractivity contribution in [1.29, 1.82) is 0 Å². The van der Waals surface area contributed by atoms with Crippen LogP contribution in [0.3, 0.4) is 0 Å². The molecule has 1 radical (unpaired) electrons. The Labute approximate surface area is 75.8 Å². The maximum Gasteiger partial charge on any atom is -0.000525 e. The summed E-state index contributed by atoms with van der Waals surface area (Å²) < 4.78 is 0. The maximum atomic E-state index is 5.51. The lowest BCUT2D eigenvalue weighted by atomic mass is 10.1. The van der Waals surface area contributed by atoms with Crippen molar-refractivity contribution in [1.82, 2.24) is 0 Å². The lowest BCUT2D eigenvalue weighted by Crippen LogP contribution is -1.71. The molecular formula is C11H9S. The first-order valence-electron chi connectivity index (χ1n) is 3.80. The highest BCUT2D eigenvalue weighted by atomic mass is 32.1. The van der Waals surface area contributed by atoms with Gasteiger partial charge in [0.2, 0.25) is 0 Å². The summed E-state index contributed by atoms with van der Waals surface area (Å²) >= 11 is 0.838. The number of benzene rings is 2. The Morgan fingerprint density at radius 2 is 1.67 bits per heavy atom. The van der Waals surface area contributed by atoms with Gasteiger partial charge in [-0.1, -0.05) is 30.3 Å². The molecule has 12 heavy (non-hydrogen) atoms. The van der Waals surface area contributed by atoms with Crippen LogP contribution in [-0.2, 0) is 0 Å². The molecule has 0 spiro atoms. The van der Waals surface area contributed by atoms with Gasteiger partial charge in [-0.15, -0.1) is 0 Å². The summed E-state index contributed by atoms with van der Waals surface area (Å²) in [5.41, 5.74) is 0. The molecular weight excluding hydrogens is 164 g/mol. The van der Waals surface area contributed by atoms with E-state index in [0.717, 1.165) is 16.2 Å². The van der Waals surface area contributed by atoms with Gasteiger partial charge in [0.05, 0.1) is 0 Å². The van der Waals surface area contributed by atoms with Crippen LogP contribution in [0.5, 0.6) is 0 Å². The Morgan fingerprint density at radius 1 is 0.917 bits per heavy atom. The fraction of sp³-hybridized carbons (Fsp3) is 0. The second-order valence-corrected chi connectivity index (χ2v) is 3.44. The molecule has 0 amide bonds. The highest BCUT2D eigenvalue weighted by Crippen LogP contribution is 2.18. The molecule has 0 nitrogen and oxygen atoms in total. The quantitative estimate of drug-likeness (QED) is 0.497. The van der Waals surface area contributed by atoms with E-state index in [1.54, 1.807) is 0 Å². The van der Waals surface area contributed by atoms with Gasteiger partial charge in [-0.25, -0.2) is 0 Å². The van der Waals surface area contributed by atoms with Gasteiger partial charge in [-0.3, -0.25) is 0 Å². The second-order valence-electron chi connectivity index (χ2n) is 2.66. The van der Waals surface area contributed by atoms with Gasteiger partial charge in [-0.05, 0) is 33.7 Å². The molecule has 0 atom stereocenters. The first-order chi connectivity index (χ1) is 5.90. The van der Waals surface area contributed by atoms with E-state index in [1.807, 2.05) is 12.1 Å². The Morgan fingerprint density at radius 3 is 2.42 bits per heavy atom. The maximum absolute atomic E-state index is 5.51.